The molecule has 1 aromatic heterocycles. The molecule has 7 heteroatoms. The van der Waals surface area contributed by atoms with Crippen LogP contribution >= 0.6 is 23.1 Å². The number of nitrogens with zero attached hydrogens (tertiary/aromatic N) is 2. The third-order valence-corrected chi connectivity index (χ3v) is 6.54. The molecule has 3 heterocycles. The lowest BCUT2D eigenvalue weighted by molar-refractivity contribution is -0.133. The molecule has 1 atom stereocenters. The lowest BCUT2D eigenvalue weighted by atomic mass is 10.1. The van der Waals surface area contributed by atoms with E-state index in [1.807, 2.05) is 33.0 Å². The lowest BCUT2D eigenvalue weighted by Gasteiger charge is -2.36. The van der Waals surface area contributed by atoms with Gasteiger partial charge in [-0.3, -0.25) is 9.59 Å². The molecule has 3 rings (SSSR count). The van der Waals surface area contributed by atoms with Crippen LogP contribution in [0.3, 0.4) is 0 Å². The fraction of sp³-hybridized carbons (Fsp3) is 0.647. The smallest absolute Gasteiger partial charge is 0.255 e. The quantitative estimate of drug-likeness (QED) is 0.817. The van der Waals surface area contributed by atoms with E-state index in [1.54, 1.807) is 11.3 Å². The number of rotatable bonds is 4. The minimum atomic E-state index is -0.154. The van der Waals surface area contributed by atoms with E-state index in [4.69, 9.17) is 4.74 Å². The molecule has 2 fully saturated rings. The number of amides is 2. The first kappa shape index (κ1) is 17.8. The Labute approximate surface area is 151 Å². The molecule has 2 saturated heterocycles. The number of morpholine rings is 1. The molecule has 2 aliphatic heterocycles. The van der Waals surface area contributed by atoms with Crippen LogP contribution in [0.2, 0.25) is 0 Å². The molecule has 2 amide bonds. The van der Waals surface area contributed by atoms with E-state index in [-0.39, 0.29) is 17.9 Å². The van der Waals surface area contributed by atoms with Crippen molar-refractivity contribution in [1.82, 2.24) is 9.80 Å². The fourth-order valence-electron chi connectivity index (χ4n) is 3.08. The summed E-state index contributed by atoms with van der Waals surface area (Å²) in [6, 6.07) is 1.82. The van der Waals surface area contributed by atoms with Crippen LogP contribution in [0.25, 0.3) is 0 Å². The minimum absolute atomic E-state index is 0.0289. The number of ether oxygens (including phenoxy) is 1. The summed E-state index contributed by atoms with van der Waals surface area (Å²) in [6.45, 7) is 5.27. The van der Waals surface area contributed by atoms with Crippen LogP contribution in [-0.4, -0.2) is 72.0 Å². The summed E-state index contributed by atoms with van der Waals surface area (Å²) in [5.74, 6) is 2.18. The summed E-state index contributed by atoms with van der Waals surface area (Å²) in [5, 5.41) is 1.93. The molecule has 0 saturated carbocycles. The van der Waals surface area contributed by atoms with Crippen molar-refractivity contribution in [1.29, 1.82) is 0 Å². The highest BCUT2D eigenvalue weighted by Crippen LogP contribution is 2.21. The molecule has 0 radical (unpaired) electrons. The molecule has 5 nitrogen and oxygen atoms in total. The predicted octanol–water partition coefficient (Wildman–Crippen LogP) is 2.12. The lowest BCUT2D eigenvalue weighted by Crippen LogP contribution is -2.51. The second kappa shape index (κ2) is 8.36. The largest absolute Gasteiger partial charge is 0.377 e. The molecule has 24 heavy (non-hydrogen) atoms. The fourth-order valence-corrected chi connectivity index (χ4v) is 4.79. The van der Waals surface area contributed by atoms with E-state index in [2.05, 4.69) is 6.92 Å². The first-order valence-corrected chi connectivity index (χ1v) is 10.5. The first-order chi connectivity index (χ1) is 11.7. The number of hydrogen-bond donors (Lipinski definition) is 0. The zero-order valence-corrected chi connectivity index (χ0v) is 15.7. The van der Waals surface area contributed by atoms with Crippen LogP contribution in [0, 0.1) is 0 Å². The Hall–Kier alpha value is -1.05. The van der Waals surface area contributed by atoms with Crippen molar-refractivity contribution in [2.24, 2.45) is 0 Å². The Morgan fingerprint density at radius 2 is 2.08 bits per heavy atom. The number of carbonyl (C=O) groups is 2. The van der Waals surface area contributed by atoms with Gasteiger partial charge >= 0.3 is 0 Å². The van der Waals surface area contributed by atoms with Crippen LogP contribution in [0.15, 0.2) is 11.4 Å². The monoisotopic (exact) mass is 368 g/mol. The average molecular weight is 369 g/mol. The highest BCUT2D eigenvalue weighted by molar-refractivity contribution is 7.99. The molecule has 132 valence electrons. The van der Waals surface area contributed by atoms with Crippen molar-refractivity contribution in [2.45, 2.75) is 25.8 Å². The molecule has 0 aliphatic carbocycles. The summed E-state index contributed by atoms with van der Waals surface area (Å²) < 4.78 is 5.55. The van der Waals surface area contributed by atoms with Gasteiger partial charge in [-0.1, -0.05) is 6.92 Å². The van der Waals surface area contributed by atoms with Gasteiger partial charge < -0.3 is 14.5 Å². The molecule has 1 aromatic rings. The summed E-state index contributed by atoms with van der Waals surface area (Å²) in [5.41, 5.74) is 0.741. The Morgan fingerprint density at radius 3 is 2.79 bits per heavy atom. The standard InChI is InChI=1S/C17H24N2O3S2/c1-2-15-9-13(12-24-15)17(21)19-3-6-22-11-14(19)10-16(20)18-4-7-23-8-5-18/h9,12,14H,2-8,10-11H2,1H3/t14-/m1/s1. The van der Waals surface area contributed by atoms with Gasteiger partial charge in [0, 0.05) is 47.8 Å². The number of aryl methyl sites for hydroxylation is 1. The van der Waals surface area contributed by atoms with Crippen molar-refractivity contribution in [3.8, 4) is 0 Å². The van der Waals surface area contributed by atoms with E-state index in [0.717, 1.165) is 36.6 Å². The molecule has 0 aromatic carbocycles. The van der Waals surface area contributed by atoms with Crippen LogP contribution < -0.4 is 0 Å². The number of hydrogen-bond acceptors (Lipinski definition) is 5. The molecule has 0 N–H and O–H groups in total. The highest BCUT2D eigenvalue weighted by atomic mass is 32.2. The van der Waals surface area contributed by atoms with Crippen LogP contribution in [0.5, 0.6) is 0 Å². The van der Waals surface area contributed by atoms with Crippen LogP contribution in [-0.2, 0) is 16.0 Å². The molecule has 0 unspecified atom stereocenters. The highest BCUT2D eigenvalue weighted by Gasteiger charge is 2.31. The Bertz CT molecular complexity index is 584. The van der Waals surface area contributed by atoms with E-state index >= 15 is 0 Å². The van der Waals surface area contributed by atoms with Crippen LogP contribution in [0.4, 0.5) is 0 Å². The number of thiophene rings is 1. The second-order valence-electron chi connectivity index (χ2n) is 6.08. The third kappa shape index (κ3) is 4.13. The maximum absolute atomic E-state index is 12.8. The average Bonchev–Trinajstić information content (AvgIpc) is 3.11. The molecule has 2 aliphatic rings. The van der Waals surface area contributed by atoms with Gasteiger partial charge in [0.15, 0.2) is 0 Å². The van der Waals surface area contributed by atoms with Crippen molar-refractivity contribution >= 4 is 34.9 Å². The Morgan fingerprint density at radius 1 is 1.29 bits per heavy atom. The molecule has 0 spiro atoms. The maximum atomic E-state index is 12.8. The van der Waals surface area contributed by atoms with Gasteiger partial charge in [0.25, 0.3) is 5.91 Å². The zero-order valence-electron chi connectivity index (χ0n) is 14.0. The summed E-state index contributed by atoms with van der Waals surface area (Å²) >= 11 is 3.51. The third-order valence-electron chi connectivity index (χ3n) is 4.51. The van der Waals surface area contributed by atoms with Crippen molar-refractivity contribution in [3.05, 3.63) is 21.9 Å². The normalized spacial score (nSPS) is 21.8. The van der Waals surface area contributed by atoms with E-state index < -0.39 is 0 Å². The van der Waals surface area contributed by atoms with Gasteiger partial charge in [-0.25, -0.2) is 0 Å². The van der Waals surface area contributed by atoms with Gasteiger partial charge in [0.2, 0.25) is 5.91 Å². The molecule has 0 bridgehead atoms. The van der Waals surface area contributed by atoms with Gasteiger partial charge in [-0.15, -0.1) is 11.3 Å². The van der Waals surface area contributed by atoms with Crippen molar-refractivity contribution in [2.75, 3.05) is 44.4 Å². The molecular weight excluding hydrogens is 344 g/mol. The topological polar surface area (TPSA) is 49.9 Å². The number of thioether (sulfide) groups is 1. The zero-order chi connectivity index (χ0) is 16.9. The summed E-state index contributed by atoms with van der Waals surface area (Å²) in [7, 11) is 0. The first-order valence-electron chi connectivity index (χ1n) is 8.50. The van der Waals surface area contributed by atoms with E-state index in [9.17, 15) is 9.59 Å². The summed E-state index contributed by atoms with van der Waals surface area (Å²) in [4.78, 5) is 30.4. The van der Waals surface area contributed by atoms with Crippen molar-refractivity contribution < 1.29 is 14.3 Å². The van der Waals surface area contributed by atoms with Crippen LogP contribution in [0.1, 0.15) is 28.6 Å². The van der Waals surface area contributed by atoms with Gasteiger partial charge in [-0.2, -0.15) is 11.8 Å². The molecular formula is C17H24N2O3S2. The number of carbonyl (C=O) groups excluding carboxylic acids is 2. The Balaban J connectivity index is 1.66. The van der Waals surface area contributed by atoms with Gasteiger partial charge in [0.1, 0.15) is 0 Å². The second-order valence-corrected chi connectivity index (χ2v) is 8.30. The Kier molecular flexibility index (Phi) is 6.19. The minimum Gasteiger partial charge on any atom is -0.377 e. The van der Waals surface area contributed by atoms with Gasteiger partial charge in [0.05, 0.1) is 24.8 Å². The van der Waals surface area contributed by atoms with Crippen molar-refractivity contribution in [3.63, 3.8) is 0 Å². The SMILES string of the molecule is CCc1cc(C(=O)N2CCOC[C@H]2CC(=O)N2CCSCC2)cs1. The summed E-state index contributed by atoms with van der Waals surface area (Å²) in [6.07, 6.45) is 1.30. The van der Waals surface area contributed by atoms with E-state index in [0.29, 0.717) is 26.2 Å². The van der Waals surface area contributed by atoms with Gasteiger partial charge in [-0.05, 0) is 12.5 Å². The van der Waals surface area contributed by atoms with E-state index in [1.165, 1.54) is 4.88 Å². The maximum Gasteiger partial charge on any atom is 0.255 e. The predicted molar refractivity (Wildman–Crippen MR) is 97.9 cm³/mol.